The van der Waals surface area contributed by atoms with Gasteiger partial charge in [-0.3, -0.25) is 9.59 Å². The fourth-order valence-corrected chi connectivity index (χ4v) is 5.10. The van der Waals surface area contributed by atoms with Gasteiger partial charge in [-0.2, -0.15) is 0 Å². The predicted molar refractivity (Wildman–Crippen MR) is 125 cm³/mol. The van der Waals surface area contributed by atoms with Crippen LogP contribution in [0.1, 0.15) is 44.2 Å². The highest BCUT2D eigenvalue weighted by Gasteiger charge is 2.29. The van der Waals surface area contributed by atoms with Crippen LogP contribution < -0.4 is 5.32 Å². The molecule has 1 aromatic heterocycles. The molecular weight excluding hydrogens is 386 g/mol. The molecule has 0 radical (unpaired) electrons. The lowest BCUT2D eigenvalue weighted by atomic mass is 9.97. The average Bonchev–Trinajstić information content (AvgIpc) is 3.26. The van der Waals surface area contributed by atoms with Crippen molar-refractivity contribution in [3.63, 3.8) is 0 Å². The molecule has 3 aromatic rings. The van der Waals surface area contributed by atoms with Gasteiger partial charge in [-0.1, -0.05) is 36.4 Å². The summed E-state index contributed by atoms with van der Waals surface area (Å²) in [6, 6.07) is 16.4. The van der Waals surface area contributed by atoms with Crippen LogP contribution in [0.25, 0.3) is 22.6 Å². The summed E-state index contributed by atoms with van der Waals surface area (Å²) in [4.78, 5) is 27.9. The molecule has 0 bridgehead atoms. The van der Waals surface area contributed by atoms with E-state index in [0.29, 0.717) is 12.1 Å². The van der Waals surface area contributed by atoms with Crippen LogP contribution in [0, 0.1) is 0 Å². The second-order valence-electron chi connectivity index (χ2n) is 8.72. The second kappa shape index (κ2) is 7.73. The Bertz CT molecular complexity index is 1200. The lowest BCUT2D eigenvalue weighted by Crippen LogP contribution is -2.48. The normalized spacial score (nSPS) is 22.1. The molecule has 1 saturated heterocycles. The fraction of sp³-hybridized carbons (Fsp3) is 0.308. The molecular formula is C26H27N3O2. The third-order valence-electron chi connectivity index (χ3n) is 6.62. The van der Waals surface area contributed by atoms with Crippen molar-refractivity contribution in [2.45, 2.75) is 51.7 Å². The van der Waals surface area contributed by atoms with Crippen LogP contribution in [0.5, 0.6) is 0 Å². The quantitative estimate of drug-likeness (QED) is 0.620. The molecule has 1 N–H and O–H groups in total. The summed E-state index contributed by atoms with van der Waals surface area (Å²) in [6.07, 6.45) is 7.25. The Balaban J connectivity index is 1.52. The summed E-state index contributed by atoms with van der Waals surface area (Å²) in [7, 11) is 0. The van der Waals surface area contributed by atoms with Gasteiger partial charge in [0.1, 0.15) is 6.54 Å². The second-order valence-corrected chi connectivity index (χ2v) is 8.72. The fourth-order valence-electron chi connectivity index (χ4n) is 5.10. The number of amides is 2. The molecule has 158 valence electrons. The number of hydrogen-bond acceptors (Lipinski definition) is 2. The maximum absolute atomic E-state index is 13.2. The Hall–Kier alpha value is -3.34. The minimum atomic E-state index is -0.0925. The van der Waals surface area contributed by atoms with Gasteiger partial charge in [0, 0.05) is 51.6 Å². The van der Waals surface area contributed by atoms with E-state index in [1.165, 1.54) is 6.42 Å². The summed E-state index contributed by atoms with van der Waals surface area (Å²) in [6.45, 7) is 4.60. The highest BCUT2D eigenvalue weighted by atomic mass is 16.2. The minimum Gasteiger partial charge on any atom is -0.337 e. The number of likely N-dealkylation sites (tertiary alicyclic amines) is 1. The van der Waals surface area contributed by atoms with Crippen molar-refractivity contribution in [3.8, 4) is 0 Å². The van der Waals surface area contributed by atoms with Crippen molar-refractivity contribution in [1.82, 2.24) is 9.47 Å². The molecule has 0 aliphatic carbocycles. The number of fused-ring (bicyclic) bond motifs is 2. The summed E-state index contributed by atoms with van der Waals surface area (Å²) in [5, 5.41) is 3.97. The Kier molecular flexibility index (Phi) is 4.89. The molecule has 5 rings (SSSR count). The van der Waals surface area contributed by atoms with Gasteiger partial charge in [-0.05, 0) is 51.3 Å². The standard InChI is InChI=1S/C26H27N3O2/c1-17-8-7-9-18(2)29(17)25(30)16-28-15-19(20-10-4-6-13-24(20)28)14-22-21-11-3-5-12-23(21)27-26(22)31/h3-6,10-15,17-18H,7-9,16H2,1-2H3,(H,27,31). The van der Waals surface area contributed by atoms with Crippen molar-refractivity contribution in [1.29, 1.82) is 0 Å². The van der Waals surface area contributed by atoms with Crippen LogP contribution in [0.2, 0.25) is 0 Å². The van der Waals surface area contributed by atoms with E-state index in [0.717, 1.165) is 40.6 Å². The molecule has 0 saturated carbocycles. The van der Waals surface area contributed by atoms with Crippen molar-refractivity contribution in [3.05, 3.63) is 65.9 Å². The molecule has 2 aromatic carbocycles. The lowest BCUT2D eigenvalue weighted by molar-refractivity contribution is -0.137. The monoisotopic (exact) mass is 413 g/mol. The Morgan fingerprint density at radius 3 is 2.58 bits per heavy atom. The van der Waals surface area contributed by atoms with E-state index in [1.807, 2.05) is 65.4 Å². The minimum absolute atomic E-state index is 0.0925. The third kappa shape index (κ3) is 3.44. The van der Waals surface area contributed by atoms with Gasteiger partial charge in [-0.25, -0.2) is 0 Å². The van der Waals surface area contributed by atoms with Gasteiger partial charge in [0.05, 0.1) is 0 Å². The number of rotatable bonds is 3. The van der Waals surface area contributed by atoms with E-state index in [-0.39, 0.29) is 23.9 Å². The largest absolute Gasteiger partial charge is 0.337 e. The van der Waals surface area contributed by atoms with Crippen molar-refractivity contribution >= 4 is 40.1 Å². The number of hydrogen-bond donors (Lipinski definition) is 1. The topological polar surface area (TPSA) is 54.3 Å². The molecule has 0 spiro atoms. The maximum Gasteiger partial charge on any atom is 0.256 e. The molecule has 5 nitrogen and oxygen atoms in total. The first kappa shape index (κ1) is 19.6. The molecule has 2 aliphatic heterocycles. The first-order valence-corrected chi connectivity index (χ1v) is 11.0. The van der Waals surface area contributed by atoms with E-state index in [4.69, 9.17) is 0 Å². The van der Waals surface area contributed by atoms with Crippen LogP contribution >= 0.6 is 0 Å². The number of benzene rings is 2. The lowest BCUT2D eigenvalue weighted by Gasteiger charge is -2.39. The molecule has 31 heavy (non-hydrogen) atoms. The molecule has 2 amide bonds. The first-order chi connectivity index (χ1) is 15.0. The van der Waals surface area contributed by atoms with E-state index in [9.17, 15) is 9.59 Å². The number of nitrogens with zero attached hydrogens (tertiary/aromatic N) is 2. The number of carbonyl (C=O) groups excluding carboxylic acids is 2. The van der Waals surface area contributed by atoms with Crippen molar-refractivity contribution in [2.75, 3.05) is 5.32 Å². The highest BCUT2D eigenvalue weighted by Crippen LogP contribution is 2.34. The summed E-state index contributed by atoms with van der Waals surface area (Å²) in [5.74, 6) is 0.0636. The zero-order valence-electron chi connectivity index (χ0n) is 18.0. The number of piperidine rings is 1. The Morgan fingerprint density at radius 2 is 1.77 bits per heavy atom. The number of aromatic nitrogens is 1. The van der Waals surface area contributed by atoms with Crippen LogP contribution in [0.3, 0.4) is 0 Å². The van der Waals surface area contributed by atoms with Crippen molar-refractivity contribution < 1.29 is 9.59 Å². The molecule has 5 heteroatoms. The molecule has 3 heterocycles. The van der Waals surface area contributed by atoms with Gasteiger partial charge in [0.15, 0.2) is 0 Å². The van der Waals surface area contributed by atoms with Crippen molar-refractivity contribution in [2.24, 2.45) is 0 Å². The Morgan fingerprint density at radius 1 is 1.06 bits per heavy atom. The Labute approximate surface area is 182 Å². The van der Waals surface area contributed by atoms with E-state index < -0.39 is 0 Å². The summed E-state index contributed by atoms with van der Waals surface area (Å²) in [5.41, 5.74) is 4.36. The summed E-state index contributed by atoms with van der Waals surface area (Å²) < 4.78 is 2.02. The highest BCUT2D eigenvalue weighted by molar-refractivity contribution is 6.35. The van der Waals surface area contributed by atoms with Gasteiger partial charge in [0.25, 0.3) is 5.91 Å². The average molecular weight is 414 g/mol. The maximum atomic E-state index is 13.2. The van der Waals surface area contributed by atoms with E-state index >= 15 is 0 Å². The molecule has 2 aliphatic rings. The summed E-state index contributed by atoms with van der Waals surface area (Å²) >= 11 is 0. The van der Waals surface area contributed by atoms with Crippen LogP contribution in [0.15, 0.2) is 54.7 Å². The van der Waals surface area contributed by atoms with Crippen LogP contribution in [-0.2, 0) is 16.1 Å². The number of carbonyl (C=O) groups is 2. The molecule has 2 atom stereocenters. The SMILES string of the molecule is CC1CCCC(C)N1C(=O)Cn1cc(C=C2C(=O)Nc3ccccc32)c2ccccc21. The van der Waals surface area contributed by atoms with Crippen LogP contribution in [0.4, 0.5) is 5.69 Å². The molecule has 1 fully saturated rings. The smallest absolute Gasteiger partial charge is 0.256 e. The number of nitrogens with one attached hydrogen (secondary N) is 1. The van der Waals surface area contributed by atoms with Gasteiger partial charge < -0.3 is 14.8 Å². The number of para-hydroxylation sites is 2. The van der Waals surface area contributed by atoms with E-state index in [2.05, 4.69) is 24.1 Å². The predicted octanol–water partition coefficient (Wildman–Crippen LogP) is 4.92. The van der Waals surface area contributed by atoms with Gasteiger partial charge in [0.2, 0.25) is 5.91 Å². The van der Waals surface area contributed by atoms with Gasteiger partial charge in [-0.15, -0.1) is 0 Å². The molecule has 2 unspecified atom stereocenters. The van der Waals surface area contributed by atoms with E-state index in [1.54, 1.807) is 0 Å². The number of anilines is 1. The van der Waals surface area contributed by atoms with Gasteiger partial charge >= 0.3 is 0 Å². The third-order valence-corrected chi connectivity index (χ3v) is 6.62. The zero-order valence-corrected chi connectivity index (χ0v) is 18.0. The zero-order chi connectivity index (χ0) is 21.5. The van der Waals surface area contributed by atoms with Crippen LogP contribution in [-0.4, -0.2) is 33.4 Å². The first-order valence-electron chi connectivity index (χ1n) is 11.0.